The molecule has 5 aliphatic rings. The van der Waals surface area contributed by atoms with Gasteiger partial charge in [-0.1, -0.05) is 18.6 Å². The predicted molar refractivity (Wildman–Crippen MR) is 95.0 cm³/mol. The number of ketones is 2. The molecule has 0 aliphatic heterocycles. The number of Topliss-reactive ketones (excluding diaryl/α,β-unsaturated/α-hetero) is 1. The molecule has 0 bridgehead atoms. The molecule has 4 saturated carbocycles. The predicted octanol–water partition coefficient (Wildman–Crippen LogP) is 3.56. The van der Waals surface area contributed by atoms with Gasteiger partial charge in [-0.2, -0.15) is 0 Å². The molecule has 1 spiro atoms. The molecule has 5 aliphatic carbocycles. The average Bonchev–Trinajstić information content (AvgIpc) is 3.11. The van der Waals surface area contributed by atoms with Gasteiger partial charge < -0.3 is 5.11 Å². The van der Waals surface area contributed by atoms with Crippen LogP contribution in [0.3, 0.4) is 0 Å². The van der Waals surface area contributed by atoms with Crippen LogP contribution in [-0.2, 0) is 9.59 Å². The number of aliphatic hydroxyl groups is 1. The van der Waals surface area contributed by atoms with Gasteiger partial charge in [0.05, 0.1) is 6.10 Å². The summed E-state index contributed by atoms with van der Waals surface area (Å²) in [6.45, 7) is 5.59. The smallest absolute Gasteiger partial charge is 0.178 e. The van der Waals surface area contributed by atoms with Gasteiger partial charge in [0, 0.05) is 16.7 Å². The Morgan fingerprint density at radius 2 is 2.08 bits per heavy atom. The topological polar surface area (TPSA) is 54.4 Å². The van der Waals surface area contributed by atoms with E-state index in [2.05, 4.69) is 6.92 Å². The molecule has 0 aromatic carbocycles. The number of fused-ring (bicyclic) bond motifs is 4. The molecular formula is C22H27FO3. The second-order valence-corrected chi connectivity index (χ2v) is 9.89. The first-order valence-electron chi connectivity index (χ1n) is 9.96. The maximum Gasteiger partial charge on any atom is 0.178 e. The van der Waals surface area contributed by atoms with Gasteiger partial charge in [0.15, 0.2) is 11.5 Å². The summed E-state index contributed by atoms with van der Waals surface area (Å²) < 4.78 is 16.8. The summed E-state index contributed by atoms with van der Waals surface area (Å²) in [6.07, 6.45) is 7.23. The normalized spacial score (nSPS) is 56.8. The van der Waals surface area contributed by atoms with Gasteiger partial charge in [0.2, 0.25) is 0 Å². The molecule has 0 unspecified atom stereocenters. The fourth-order valence-corrected chi connectivity index (χ4v) is 7.96. The van der Waals surface area contributed by atoms with Crippen LogP contribution in [0.2, 0.25) is 0 Å². The number of hydrogen-bond acceptors (Lipinski definition) is 3. The van der Waals surface area contributed by atoms with Crippen LogP contribution < -0.4 is 0 Å². The summed E-state index contributed by atoms with van der Waals surface area (Å²) >= 11 is 0. The van der Waals surface area contributed by atoms with E-state index >= 15 is 4.39 Å². The molecule has 26 heavy (non-hydrogen) atoms. The van der Waals surface area contributed by atoms with E-state index in [-0.39, 0.29) is 40.2 Å². The van der Waals surface area contributed by atoms with Crippen molar-refractivity contribution in [2.24, 2.45) is 34.0 Å². The van der Waals surface area contributed by atoms with E-state index in [1.54, 1.807) is 19.1 Å². The van der Waals surface area contributed by atoms with Crippen molar-refractivity contribution in [2.75, 3.05) is 0 Å². The SMILES string of the molecule is CC(=O)[C@@]12CC[C@H]3[C@H]4C[C@@H](C)C5=CC(=O)C=C[C@]5(C)[C@@]4(F)[C@@H](O)C[C@]31C2. The molecule has 4 heteroatoms. The van der Waals surface area contributed by atoms with Crippen LogP contribution >= 0.6 is 0 Å². The first kappa shape index (κ1) is 16.9. The molecule has 0 aromatic heterocycles. The first-order chi connectivity index (χ1) is 12.1. The third-order valence-electron chi connectivity index (χ3n) is 9.19. The van der Waals surface area contributed by atoms with Crippen molar-refractivity contribution in [3.63, 3.8) is 0 Å². The molecule has 0 heterocycles. The van der Waals surface area contributed by atoms with Crippen molar-refractivity contribution in [3.05, 3.63) is 23.8 Å². The van der Waals surface area contributed by atoms with E-state index < -0.39 is 17.2 Å². The van der Waals surface area contributed by atoms with Gasteiger partial charge in [-0.15, -0.1) is 0 Å². The summed E-state index contributed by atoms with van der Waals surface area (Å²) in [5, 5.41) is 11.1. The fourth-order valence-electron chi connectivity index (χ4n) is 7.96. The largest absolute Gasteiger partial charge is 0.390 e. The summed E-state index contributed by atoms with van der Waals surface area (Å²) in [5.41, 5.74) is -2.39. The van der Waals surface area contributed by atoms with Crippen LogP contribution in [0, 0.1) is 34.0 Å². The lowest BCUT2D eigenvalue weighted by atomic mass is 9.45. The first-order valence-corrected chi connectivity index (χ1v) is 9.96. The maximum atomic E-state index is 16.8. The van der Waals surface area contributed by atoms with Crippen LogP contribution in [0.1, 0.15) is 52.9 Å². The van der Waals surface area contributed by atoms with Crippen LogP contribution in [0.15, 0.2) is 23.8 Å². The van der Waals surface area contributed by atoms with E-state index in [1.807, 2.05) is 6.92 Å². The zero-order valence-electron chi connectivity index (χ0n) is 15.7. The number of alkyl halides is 1. The molecule has 8 atom stereocenters. The van der Waals surface area contributed by atoms with E-state index in [4.69, 9.17) is 0 Å². The number of halogens is 1. The molecule has 0 radical (unpaired) electrons. The van der Waals surface area contributed by atoms with Gasteiger partial charge >= 0.3 is 0 Å². The lowest BCUT2D eigenvalue weighted by Gasteiger charge is -2.61. The third-order valence-corrected chi connectivity index (χ3v) is 9.19. The quantitative estimate of drug-likeness (QED) is 0.780. The molecule has 0 saturated heterocycles. The Morgan fingerprint density at radius 1 is 1.35 bits per heavy atom. The summed E-state index contributed by atoms with van der Waals surface area (Å²) in [5.74, 6) is 0.136. The van der Waals surface area contributed by atoms with Gasteiger partial charge in [-0.25, -0.2) is 4.39 Å². The standard InChI is InChI=1S/C22H27FO3/c1-12-8-17-15-5-7-20(13(2)24)11-21(15,20)10-18(26)22(17,23)19(3)6-4-14(25)9-16(12)19/h4,6,9,12,15,17-18,26H,5,7-8,10-11H2,1-3H3/t12-,15+,17-,18+,19+,20+,21+,22+/m1/s1. The minimum atomic E-state index is -1.77. The summed E-state index contributed by atoms with van der Waals surface area (Å²) in [7, 11) is 0. The number of rotatable bonds is 1. The number of aliphatic hydroxyl groups excluding tert-OH is 1. The van der Waals surface area contributed by atoms with Crippen molar-refractivity contribution >= 4 is 11.6 Å². The molecule has 3 nitrogen and oxygen atoms in total. The molecule has 5 rings (SSSR count). The van der Waals surface area contributed by atoms with Crippen LogP contribution in [0.4, 0.5) is 4.39 Å². The highest BCUT2D eigenvalue weighted by molar-refractivity contribution is 6.01. The zero-order valence-corrected chi connectivity index (χ0v) is 15.7. The van der Waals surface area contributed by atoms with Gasteiger partial charge in [0.1, 0.15) is 5.78 Å². The number of carbonyl (C=O) groups is 2. The minimum absolute atomic E-state index is 0.0909. The van der Waals surface area contributed by atoms with E-state index in [0.29, 0.717) is 12.8 Å². The van der Waals surface area contributed by atoms with Gasteiger partial charge in [0.25, 0.3) is 0 Å². The Hall–Kier alpha value is -1.29. The van der Waals surface area contributed by atoms with Crippen LogP contribution in [-0.4, -0.2) is 28.4 Å². The van der Waals surface area contributed by atoms with Gasteiger partial charge in [-0.3, -0.25) is 9.59 Å². The number of carbonyl (C=O) groups excluding carboxylic acids is 2. The molecule has 140 valence electrons. The lowest BCUT2D eigenvalue weighted by molar-refractivity contribution is -0.185. The Morgan fingerprint density at radius 3 is 2.73 bits per heavy atom. The number of allylic oxidation sites excluding steroid dienone is 4. The average molecular weight is 358 g/mol. The van der Waals surface area contributed by atoms with E-state index in [9.17, 15) is 14.7 Å². The molecule has 0 amide bonds. The van der Waals surface area contributed by atoms with Crippen molar-refractivity contribution in [2.45, 2.75) is 64.6 Å². The second kappa shape index (κ2) is 4.57. The van der Waals surface area contributed by atoms with E-state index in [1.165, 1.54) is 6.08 Å². The summed E-state index contributed by atoms with van der Waals surface area (Å²) in [4.78, 5) is 24.3. The highest BCUT2D eigenvalue weighted by Crippen LogP contribution is 2.83. The third kappa shape index (κ3) is 1.53. The Balaban J connectivity index is 1.64. The minimum Gasteiger partial charge on any atom is -0.390 e. The maximum absolute atomic E-state index is 16.8. The summed E-state index contributed by atoms with van der Waals surface area (Å²) in [6, 6.07) is 0. The Kier molecular flexibility index (Phi) is 2.96. The van der Waals surface area contributed by atoms with Crippen LogP contribution in [0.5, 0.6) is 0 Å². The molecule has 1 N–H and O–H groups in total. The van der Waals surface area contributed by atoms with Crippen molar-refractivity contribution in [1.82, 2.24) is 0 Å². The van der Waals surface area contributed by atoms with E-state index in [0.717, 1.165) is 24.8 Å². The highest BCUT2D eigenvalue weighted by Gasteiger charge is 2.83. The monoisotopic (exact) mass is 358 g/mol. The Bertz CT molecular complexity index is 799. The fraction of sp³-hybridized carbons (Fsp3) is 0.727. The van der Waals surface area contributed by atoms with Crippen molar-refractivity contribution in [1.29, 1.82) is 0 Å². The lowest BCUT2D eigenvalue weighted by Crippen LogP contribution is -2.66. The van der Waals surface area contributed by atoms with Crippen molar-refractivity contribution in [3.8, 4) is 0 Å². The van der Waals surface area contributed by atoms with Crippen LogP contribution in [0.25, 0.3) is 0 Å². The molecule has 4 fully saturated rings. The molecule has 0 aromatic rings. The highest BCUT2D eigenvalue weighted by atomic mass is 19.1. The zero-order chi connectivity index (χ0) is 18.7. The molecular weight excluding hydrogens is 331 g/mol. The number of hydrogen-bond donors (Lipinski definition) is 1. The van der Waals surface area contributed by atoms with Crippen molar-refractivity contribution < 1.29 is 19.1 Å². The van der Waals surface area contributed by atoms with Gasteiger partial charge in [-0.05, 0) is 75.4 Å². The second-order valence-electron chi connectivity index (χ2n) is 9.89. The Labute approximate surface area is 153 Å².